The maximum atomic E-state index is 3.55. The predicted octanol–water partition coefficient (Wildman–Crippen LogP) is 5.17. The van der Waals surface area contributed by atoms with Crippen LogP contribution < -0.4 is 5.32 Å². The lowest BCUT2D eigenvalue weighted by molar-refractivity contribution is 0.553. The van der Waals surface area contributed by atoms with Crippen LogP contribution in [0.25, 0.3) is 0 Å². The molecule has 2 rings (SSSR count). The average molecular weight is 389 g/mol. The van der Waals surface area contributed by atoms with E-state index in [9.17, 15) is 0 Å². The number of halogens is 2. The van der Waals surface area contributed by atoms with Gasteiger partial charge in [-0.1, -0.05) is 35.0 Å². The smallest absolute Gasteiger partial charge is 0.0701 e. The van der Waals surface area contributed by atoms with Crippen molar-refractivity contribution in [2.24, 2.45) is 0 Å². The highest BCUT2D eigenvalue weighted by molar-refractivity contribution is 9.11. The summed E-state index contributed by atoms with van der Waals surface area (Å²) in [5, 5.41) is 3.55. The van der Waals surface area contributed by atoms with Gasteiger partial charge in [-0.3, -0.25) is 0 Å². The molecule has 0 radical (unpaired) electrons. The van der Waals surface area contributed by atoms with Crippen molar-refractivity contribution in [2.45, 2.75) is 19.4 Å². The van der Waals surface area contributed by atoms with E-state index < -0.39 is 0 Å². The van der Waals surface area contributed by atoms with Gasteiger partial charge in [0.05, 0.1) is 3.79 Å². The topological polar surface area (TPSA) is 12.0 Å². The van der Waals surface area contributed by atoms with E-state index in [2.05, 4.69) is 80.5 Å². The Balaban J connectivity index is 2.17. The molecule has 18 heavy (non-hydrogen) atoms. The van der Waals surface area contributed by atoms with Crippen LogP contribution in [0.15, 0.2) is 44.7 Å². The number of hydrogen-bond acceptors (Lipinski definition) is 2. The minimum Gasteiger partial charge on any atom is -0.310 e. The van der Waals surface area contributed by atoms with Crippen molar-refractivity contribution >= 4 is 43.2 Å². The number of rotatable bonds is 5. The molecule has 0 fully saturated rings. The minimum absolute atomic E-state index is 0.373. The molecule has 1 aromatic carbocycles. The van der Waals surface area contributed by atoms with Gasteiger partial charge in [0.15, 0.2) is 0 Å². The number of benzene rings is 1. The van der Waals surface area contributed by atoms with Gasteiger partial charge in [-0.15, -0.1) is 11.3 Å². The van der Waals surface area contributed by atoms with E-state index in [1.807, 2.05) is 0 Å². The Kier molecular flexibility index (Phi) is 5.42. The summed E-state index contributed by atoms with van der Waals surface area (Å²) in [5.41, 5.74) is 1.33. The molecule has 96 valence electrons. The molecule has 0 aliphatic carbocycles. The van der Waals surface area contributed by atoms with Crippen molar-refractivity contribution in [1.29, 1.82) is 0 Å². The van der Waals surface area contributed by atoms with E-state index in [1.165, 1.54) is 14.2 Å². The summed E-state index contributed by atoms with van der Waals surface area (Å²) in [6.07, 6.45) is 1.03. The number of likely N-dealkylation sites (N-methyl/N-ethyl adjacent to an activating group) is 1. The number of nitrogens with one attached hydrogen (secondary N) is 1. The van der Waals surface area contributed by atoms with Crippen molar-refractivity contribution in [3.8, 4) is 0 Å². The first-order valence-corrected chi connectivity index (χ1v) is 8.32. The van der Waals surface area contributed by atoms with Crippen LogP contribution in [0.2, 0.25) is 0 Å². The highest BCUT2D eigenvalue weighted by atomic mass is 79.9. The molecule has 1 heterocycles. The van der Waals surface area contributed by atoms with Crippen LogP contribution in [-0.2, 0) is 6.42 Å². The highest BCUT2D eigenvalue weighted by Crippen LogP contribution is 2.27. The van der Waals surface area contributed by atoms with Gasteiger partial charge in [-0.2, -0.15) is 0 Å². The van der Waals surface area contributed by atoms with Gasteiger partial charge in [0.1, 0.15) is 0 Å². The van der Waals surface area contributed by atoms with E-state index in [1.54, 1.807) is 11.3 Å². The zero-order valence-corrected chi connectivity index (χ0v) is 14.1. The van der Waals surface area contributed by atoms with Gasteiger partial charge in [0.25, 0.3) is 0 Å². The van der Waals surface area contributed by atoms with E-state index in [-0.39, 0.29) is 0 Å². The summed E-state index contributed by atoms with van der Waals surface area (Å²) < 4.78 is 2.33. The van der Waals surface area contributed by atoms with Gasteiger partial charge in [-0.05, 0) is 52.3 Å². The molecule has 2 aromatic rings. The Labute approximate surface area is 129 Å². The van der Waals surface area contributed by atoms with Crippen LogP contribution >= 0.6 is 43.2 Å². The van der Waals surface area contributed by atoms with Crippen LogP contribution in [-0.4, -0.2) is 6.54 Å². The first-order valence-electron chi connectivity index (χ1n) is 5.92. The maximum absolute atomic E-state index is 3.55. The standard InChI is InChI=1S/C14H15Br2NS/c1-2-17-13(9-12-6-7-14(16)18-12)10-4-3-5-11(15)8-10/h3-8,13,17H,2,9H2,1H3. The molecular weight excluding hydrogens is 374 g/mol. The zero-order chi connectivity index (χ0) is 13.0. The Morgan fingerprint density at radius 2 is 2.06 bits per heavy atom. The molecular formula is C14H15Br2NS. The molecule has 1 aromatic heterocycles. The lowest BCUT2D eigenvalue weighted by Crippen LogP contribution is -2.22. The summed E-state index contributed by atoms with van der Waals surface area (Å²) in [6.45, 7) is 3.12. The summed E-state index contributed by atoms with van der Waals surface area (Å²) in [5.74, 6) is 0. The van der Waals surface area contributed by atoms with Gasteiger partial charge >= 0.3 is 0 Å². The van der Waals surface area contributed by atoms with Crippen molar-refractivity contribution in [1.82, 2.24) is 5.32 Å². The van der Waals surface area contributed by atoms with Gasteiger partial charge in [0.2, 0.25) is 0 Å². The predicted molar refractivity (Wildman–Crippen MR) is 86.3 cm³/mol. The third kappa shape index (κ3) is 3.92. The molecule has 1 nitrogen and oxygen atoms in total. The van der Waals surface area contributed by atoms with Gasteiger partial charge in [-0.25, -0.2) is 0 Å². The summed E-state index contributed by atoms with van der Waals surface area (Å²) in [7, 11) is 0. The van der Waals surface area contributed by atoms with Crippen molar-refractivity contribution in [2.75, 3.05) is 6.54 Å². The first kappa shape index (κ1) is 14.3. The van der Waals surface area contributed by atoms with Crippen LogP contribution in [0.4, 0.5) is 0 Å². The quantitative estimate of drug-likeness (QED) is 0.745. The molecule has 0 saturated carbocycles. The Hall–Kier alpha value is -0.160. The van der Waals surface area contributed by atoms with Gasteiger partial charge < -0.3 is 5.32 Å². The SMILES string of the molecule is CCNC(Cc1ccc(Br)s1)c1cccc(Br)c1. The summed E-state index contributed by atoms with van der Waals surface area (Å²) in [6, 6.07) is 13.2. The molecule has 0 spiro atoms. The summed E-state index contributed by atoms with van der Waals surface area (Å²) >= 11 is 8.86. The molecule has 1 N–H and O–H groups in total. The van der Waals surface area contributed by atoms with E-state index >= 15 is 0 Å². The molecule has 0 bridgehead atoms. The zero-order valence-electron chi connectivity index (χ0n) is 10.1. The fourth-order valence-electron chi connectivity index (χ4n) is 1.94. The van der Waals surface area contributed by atoms with E-state index in [0.717, 1.165) is 17.4 Å². The van der Waals surface area contributed by atoms with Gasteiger partial charge in [0, 0.05) is 21.8 Å². The Bertz CT molecular complexity index is 510. The van der Waals surface area contributed by atoms with Crippen molar-refractivity contribution < 1.29 is 0 Å². The third-order valence-corrected chi connectivity index (χ3v) is 4.87. The molecule has 1 atom stereocenters. The first-order chi connectivity index (χ1) is 8.69. The number of hydrogen-bond donors (Lipinski definition) is 1. The molecule has 0 aliphatic heterocycles. The lowest BCUT2D eigenvalue weighted by atomic mass is 10.0. The van der Waals surface area contributed by atoms with E-state index in [4.69, 9.17) is 0 Å². The molecule has 0 saturated heterocycles. The van der Waals surface area contributed by atoms with Crippen molar-refractivity contribution in [3.63, 3.8) is 0 Å². The Morgan fingerprint density at radius 1 is 1.22 bits per heavy atom. The number of thiophene rings is 1. The second-order valence-electron chi connectivity index (χ2n) is 4.08. The molecule has 0 aliphatic rings. The third-order valence-electron chi connectivity index (χ3n) is 2.74. The second-order valence-corrected chi connectivity index (χ2v) is 7.54. The van der Waals surface area contributed by atoms with Crippen LogP contribution in [0.3, 0.4) is 0 Å². The maximum Gasteiger partial charge on any atom is 0.0701 e. The lowest BCUT2D eigenvalue weighted by Gasteiger charge is -2.18. The van der Waals surface area contributed by atoms with Crippen LogP contribution in [0.5, 0.6) is 0 Å². The van der Waals surface area contributed by atoms with Crippen molar-refractivity contribution in [3.05, 3.63) is 55.1 Å². The Morgan fingerprint density at radius 3 is 2.67 bits per heavy atom. The second kappa shape index (κ2) is 6.85. The normalized spacial score (nSPS) is 12.6. The molecule has 1 unspecified atom stereocenters. The highest BCUT2D eigenvalue weighted by Gasteiger charge is 2.12. The average Bonchev–Trinajstić information content (AvgIpc) is 2.74. The van der Waals surface area contributed by atoms with Crippen LogP contribution in [0.1, 0.15) is 23.4 Å². The largest absolute Gasteiger partial charge is 0.310 e. The monoisotopic (exact) mass is 387 g/mol. The fraction of sp³-hybridized carbons (Fsp3) is 0.286. The summed E-state index contributed by atoms with van der Waals surface area (Å²) in [4.78, 5) is 1.40. The fourth-order valence-corrected chi connectivity index (χ4v) is 3.89. The van der Waals surface area contributed by atoms with E-state index in [0.29, 0.717) is 6.04 Å². The molecule has 0 amide bonds. The minimum atomic E-state index is 0.373. The van der Waals surface area contributed by atoms with Crippen LogP contribution in [0, 0.1) is 0 Å². The molecule has 4 heteroatoms.